The zero-order valence-electron chi connectivity index (χ0n) is 9.40. The predicted octanol–water partition coefficient (Wildman–Crippen LogP) is 2.61. The first-order chi connectivity index (χ1) is 7.24. The van der Waals surface area contributed by atoms with Crippen molar-refractivity contribution >= 4 is 5.78 Å². The molecule has 2 nitrogen and oxygen atoms in total. The first-order valence-corrected chi connectivity index (χ1v) is 5.40. The molecule has 1 atom stereocenters. The normalized spacial score (nSPS) is 12.4. The smallest absolute Gasteiger partial charge is 0.158 e. The van der Waals surface area contributed by atoms with Gasteiger partial charge in [-0.1, -0.05) is 37.3 Å². The lowest BCUT2D eigenvalue weighted by atomic mass is 10.1. The molecular formula is C13H18O2. The fourth-order valence-electron chi connectivity index (χ4n) is 1.41. The molecule has 0 spiro atoms. The molecule has 0 aromatic heterocycles. The summed E-state index contributed by atoms with van der Waals surface area (Å²) < 4.78 is 5.51. The van der Waals surface area contributed by atoms with E-state index in [1.54, 1.807) is 6.92 Å². The Bertz CT molecular complexity index is 293. The van der Waals surface area contributed by atoms with Crippen LogP contribution in [-0.4, -0.2) is 18.5 Å². The number of hydrogen-bond donors (Lipinski definition) is 0. The lowest BCUT2D eigenvalue weighted by Gasteiger charge is -2.14. The molecule has 1 rings (SSSR count). The minimum atomic E-state index is -0.285. The monoisotopic (exact) mass is 206 g/mol. The van der Waals surface area contributed by atoms with Gasteiger partial charge in [0.15, 0.2) is 5.78 Å². The van der Waals surface area contributed by atoms with Gasteiger partial charge in [-0.15, -0.1) is 0 Å². The Hall–Kier alpha value is -1.15. The topological polar surface area (TPSA) is 26.3 Å². The molecule has 82 valence electrons. The van der Waals surface area contributed by atoms with Crippen LogP contribution in [0.3, 0.4) is 0 Å². The minimum absolute atomic E-state index is 0.104. The van der Waals surface area contributed by atoms with Gasteiger partial charge in [-0.2, -0.15) is 0 Å². The zero-order chi connectivity index (χ0) is 11.1. The molecule has 1 aromatic carbocycles. The average Bonchev–Trinajstić information content (AvgIpc) is 2.25. The number of ether oxygens (including phenoxy) is 1. The maximum absolute atomic E-state index is 11.3. The summed E-state index contributed by atoms with van der Waals surface area (Å²) in [6, 6.07) is 9.97. The van der Waals surface area contributed by atoms with Crippen LogP contribution in [0.2, 0.25) is 0 Å². The van der Waals surface area contributed by atoms with Crippen molar-refractivity contribution in [1.82, 2.24) is 0 Å². The summed E-state index contributed by atoms with van der Waals surface area (Å²) >= 11 is 0. The molecule has 0 saturated carbocycles. The van der Waals surface area contributed by atoms with E-state index in [1.165, 1.54) is 0 Å². The Labute approximate surface area is 91.3 Å². The third-order valence-corrected chi connectivity index (χ3v) is 2.24. The van der Waals surface area contributed by atoms with Gasteiger partial charge in [0.2, 0.25) is 0 Å². The molecule has 0 aliphatic heterocycles. The number of carbonyl (C=O) groups is 1. The van der Waals surface area contributed by atoms with Gasteiger partial charge in [0.25, 0.3) is 0 Å². The maximum atomic E-state index is 11.3. The lowest BCUT2D eigenvalue weighted by molar-refractivity contribution is -0.128. The SMILES string of the molecule is CCCOC(Cc1ccccc1)C(C)=O. The summed E-state index contributed by atoms with van der Waals surface area (Å²) in [5.74, 6) is 0.104. The number of rotatable bonds is 6. The van der Waals surface area contributed by atoms with E-state index in [2.05, 4.69) is 0 Å². The quantitative estimate of drug-likeness (QED) is 0.715. The summed E-state index contributed by atoms with van der Waals surface area (Å²) in [7, 11) is 0. The molecule has 0 heterocycles. The molecular weight excluding hydrogens is 188 g/mol. The van der Waals surface area contributed by atoms with Crippen molar-refractivity contribution < 1.29 is 9.53 Å². The van der Waals surface area contributed by atoms with Crippen LogP contribution < -0.4 is 0 Å². The molecule has 0 aliphatic rings. The molecule has 0 amide bonds. The molecule has 1 unspecified atom stereocenters. The van der Waals surface area contributed by atoms with E-state index in [9.17, 15) is 4.79 Å². The summed E-state index contributed by atoms with van der Waals surface area (Å²) in [5, 5.41) is 0. The standard InChI is InChI=1S/C13H18O2/c1-3-9-15-13(11(2)14)10-12-7-5-4-6-8-12/h4-8,13H,3,9-10H2,1-2H3. The fourth-order valence-corrected chi connectivity index (χ4v) is 1.41. The molecule has 15 heavy (non-hydrogen) atoms. The van der Waals surface area contributed by atoms with Crippen molar-refractivity contribution in [3.8, 4) is 0 Å². The predicted molar refractivity (Wildman–Crippen MR) is 60.9 cm³/mol. The van der Waals surface area contributed by atoms with Gasteiger partial charge in [-0.25, -0.2) is 0 Å². The highest BCUT2D eigenvalue weighted by Gasteiger charge is 2.14. The summed E-state index contributed by atoms with van der Waals surface area (Å²) in [4.78, 5) is 11.3. The fraction of sp³-hybridized carbons (Fsp3) is 0.462. The third kappa shape index (κ3) is 4.26. The number of Topliss-reactive ketones (excluding diaryl/α,β-unsaturated/α-hetero) is 1. The van der Waals surface area contributed by atoms with Crippen molar-refractivity contribution in [3.63, 3.8) is 0 Å². The average molecular weight is 206 g/mol. The second-order valence-electron chi connectivity index (χ2n) is 3.66. The van der Waals surface area contributed by atoms with E-state index in [0.717, 1.165) is 12.0 Å². The molecule has 0 aliphatic carbocycles. The van der Waals surface area contributed by atoms with E-state index < -0.39 is 0 Å². The molecule has 0 saturated heterocycles. The molecule has 0 bridgehead atoms. The van der Waals surface area contributed by atoms with E-state index >= 15 is 0 Å². The van der Waals surface area contributed by atoms with Crippen molar-refractivity contribution in [2.75, 3.05) is 6.61 Å². The van der Waals surface area contributed by atoms with Crippen LogP contribution in [-0.2, 0) is 16.0 Å². The van der Waals surface area contributed by atoms with Crippen LogP contribution in [0.5, 0.6) is 0 Å². The van der Waals surface area contributed by atoms with Crippen LogP contribution in [0.25, 0.3) is 0 Å². The van der Waals surface area contributed by atoms with Crippen molar-refractivity contribution in [3.05, 3.63) is 35.9 Å². The largest absolute Gasteiger partial charge is 0.370 e. The van der Waals surface area contributed by atoms with Crippen molar-refractivity contribution in [1.29, 1.82) is 0 Å². The van der Waals surface area contributed by atoms with Gasteiger partial charge in [0, 0.05) is 13.0 Å². The molecule has 1 aromatic rings. The number of hydrogen-bond acceptors (Lipinski definition) is 2. The van der Waals surface area contributed by atoms with Gasteiger partial charge >= 0.3 is 0 Å². The van der Waals surface area contributed by atoms with Gasteiger partial charge < -0.3 is 4.74 Å². The second kappa shape index (κ2) is 6.36. The van der Waals surface area contributed by atoms with Crippen molar-refractivity contribution in [2.45, 2.75) is 32.8 Å². The second-order valence-corrected chi connectivity index (χ2v) is 3.66. The van der Waals surface area contributed by atoms with E-state index in [4.69, 9.17) is 4.74 Å². The first kappa shape index (κ1) is 11.9. The van der Waals surface area contributed by atoms with Crippen LogP contribution in [0.4, 0.5) is 0 Å². The summed E-state index contributed by atoms with van der Waals surface area (Å²) in [6.45, 7) is 4.28. The van der Waals surface area contributed by atoms with E-state index in [1.807, 2.05) is 37.3 Å². The highest BCUT2D eigenvalue weighted by Crippen LogP contribution is 2.07. The first-order valence-electron chi connectivity index (χ1n) is 5.40. The highest BCUT2D eigenvalue weighted by atomic mass is 16.5. The minimum Gasteiger partial charge on any atom is -0.370 e. The molecule has 0 fully saturated rings. The Morgan fingerprint density at radius 1 is 1.33 bits per heavy atom. The van der Waals surface area contributed by atoms with Gasteiger partial charge in [-0.3, -0.25) is 4.79 Å². The number of benzene rings is 1. The highest BCUT2D eigenvalue weighted by molar-refractivity contribution is 5.80. The Balaban J connectivity index is 2.55. The van der Waals surface area contributed by atoms with E-state index in [0.29, 0.717) is 13.0 Å². The van der Waals surface area contributed by atoms with Crippen LogP contribution in [0.1, 0.15) is 25.8 Å². The maximum Gasteiger partial charge on any atom is 0.158 e. The van der Waals surface area contributed by atoms with Crippen molar-refractivity contribution in [2.24, 2.45) is 0 Å². The Kier molecular flexibility index (Phi) is 5.05. The Morgan fingerprint density at radius 3 is 2.53 bits per heavy atom. The zero-order valence-corrected chi connectivity index (χ0v) is 9.40. The Morgan fingerprint density at radius 2 is 2.00 bits per heavy atom. The van der Waals surface area contributed by atoms with Gasteiger partial charge in [0.05, 0.1) is 0 Å². The van der Waals surface area contributed by atoms with Gasteiger partial charge in [-0.05, 0) is 18.9 Å². The van der Waals surface area contributed by atoms with Gasteiger partial charge in [0.1, 0.15) is 6.10 Å². The molecule has 2 heteroatoms. The summed E-state index contributed by atoms with van der Waals surface area (Å²) in [6.07, 6.45) is 1.33. The van der Waals surface area contributed by atoms with Crippen LogP contribution in [0, 0.1) is 0 Å². The molecule has 0 N–H and O–H groups in total. The number of carbonyl (C=O) groups excluding carboxylic acids is 1. The summed E-state index contributed by atoms with van der Waals surface area (Å²) in [5.41, 5.74) is 1.15. The molecule has 0 radical (unpaired) electrons. The number of ketones is 1. The van der Waals surface area contributed by atoms with Crippen LogP contribution in [0.15, 0.2) is 30.3 Å². The third-order valence-electron chi connectivity index (χ3n) is 2.24. The lowest BCUT2D eigenvalue weighted by Crippen LogP contribution is -2.24. The van der Waals surface area contributed by atoms with Crippen LogP contribution >= 0.6 is 0 Å². The van der Waals surface area contributed by atoms with E-state index in [-0.39, 0.29) is 11.9 Å².